The normalized spacial score (nSPS) is 11.4. The summed E-state index contributed by atoms with van der Waals surface area (Å²) >= 11 is 0. The van der Waals surface area contributed by atoms with E-state index in [1.165, 1.54) is 25.4 Å². The number of carbonyl (C=O) groups is 1. The Morgan fingerprint density at radius 1 is 1.55 bits per heavy atom. The van der Waals surface area contributed by atoms with Gasteiger partial charge >= 0.3 is 0 Å². The second-order valence-corrected chi connectivity index (χ2v) is 6.46. The molecule has 0 aliphatic heterocycles. The fourth-order valence-corrected chi connectivity index (χ4v) is 2.72. The van der Waals surface area contributed by atoms with Crippen LogP contribution in [-0.4, -0.2) is 43.2 Å². The average molecular weight is 296 g/mol. The summed E-state index contributed by atoms with van der Waals surface area (Å²) in [4.78, 5) is 15.1. The molecular weight excluding hydrogens is 280 g/mol. The minimum absolute atomic E-state index is 0.0772. The topological polar surface area (TPSA) is 103 Å². The Balaban J connectivity index is 2.99. The molecule has 1 rings (SSSR count). The van der Waals surface area contributed by atoms with Crippen LogP contribution in [0.15, 0.2) is 23.2 Å². The second kappa shape index (κ2) is 6.45. The van der Waals surface area contributed by atoms with Crippen LogP contribution in [0, 0.1) is 11.3 Å². The highest BCUT2D eigenvalue weighted by molar-refractivity contribution is 7.89. The number of nitrogens with one attached hydrogen (secondary N) is 1. The molecule has 1 amide bonds. The van der Waals surface area contributed by atoms with Gasteiger partial charge in [0, 0.05) is 19.3 Å². The van der Waals surface area contributed by atoms with Crippen molar-refractivity contribution in [3.8, 4) is 6.07 Å². The van der Waals surface area contributed by atoms with Crippen LogP contribution >= 0.6 is 0 Å². The van der Waals surface area contributed by atoms with Crippen LogP contribution in [0.2, 0.25) is 0 Å². The smallest absolute Gasteiger partial charge is 0.246 e. The van der Waals surface area contributed by atoms with Crippen molar-refractivity contribution >= 4 is 15.9 Å². The molecular formula is C12H16N4O3S. The van der Waals surface area contributed by atoms with E-state index >= 15 is 0 Å². The number of sulfonamides is 1. The molecule has 108 valence electrons. The molecule has 1 aromatic heterocycles. The summed E-state index contributed by atoms with van der Waals surface area (Å²) < 4.78 is 25.5. The molecule has 0 radical (unpaired) electrons. The maximum atomic E-state index is 12.3. The zero-order valence-corrected chi connectivity index (χ0v) is 12.3. The van der Waals surface area contributed by atoms with Gasteiger partial charge in [0.2, 0.25) is 15.9 Å². The van der Waals surface area contributed by atoms with Crippen LogP contribution in [0.25, 0.3) is 0 Å². The molecule has 0 saturated carbocycles. The monoisotopic (exact) mass is 296 g/mol. The van der Waals surface area contributed by atoms with Crippen LogP contribution in [-0.2, 0) is 14.8 Å². The lowest BCUT2D eigenvalue weighted by molar-refractivity contribution is -0.121. The van der Waals surface area contributed by atoms with Gasteiger partial charge in [-0.1, -0.05) is 0 Å². The lowest BCUT2D eigenvalue weighted by Gasteiger charge is -2.18. The second-order valence-electron chi connectivity index (χ2n) is 4.45. The first-order chi connectivity index (χ1) is 9.28. The molecule has 0 aromatic carbocycles. The average Bonchev–Trinajstić information content (AvgIpc) is 2.37. The van der Waals surface area contributed by atoms with Crippen molar-refractivity contribution in [1.82, 2.24) is 14.6 Å². The standard InChI is InChI=1S/C12H16N4O3S/c1-9(2)15-12(17)8-16(3)20(18,19)11-5-4-6-14-10(11)7-13/h4-6,9H,8H2,1-3H3,(H,15,17). The maximum absolute atomic E-state index is 12.3. The molecule has 0 atom stereocenters. The van der Waals surface area contributed by atoms with Crippen molar-refractivity contribution < 1.29 is 13.2 Å². The minimum atomic E-state index is -3.93. The van der Waals surface area contributed by atoms with Crippen molar-refractivity contribution in [3.05, 3.63) is 24.0 Å². The van der Waals surface area contributed by atoms with Gasteiger partial charge in [-0.15, -0.1) is 0 Å². The van der Waals surface area contributed by atoms with Gasteiger partial charge in [0.05, 0.1) is 6.54 Å². The van der Waals surface area contributed by atoms with E-state index in [4.69, 9.17) is 5.26 Å². The summed E-state index contributed by atoms with van der Waals surface area (Å²) in [6, 6.07) is 4.36. The van der Waals surface area contributed by atoms with Gasteiger partial charge in [-0.2, -0.15) is 9.57 Å². The molecule has 0 fully saturated rings. The molecule has 1 N–H and O–H groups in total. The van der Waals surface area contributed by atoms with E-state index in [0.717, 1.165) is 4.31 Å². The highest BCUT2D eigenvalue weighted by Crippen LogP contribution is 2.16. The van der Waals surface area contributed by atoms with Gasteiger partial charge in [0.25, 0.3) is 0 Å². The summed E-state index contributed by atoms with van der Waals surface area (Å²) in [5.74, 6) is -0.409. The zero-order valence-electron chi connectivity index (χ0n) is 11.5. The van der Waals surface area contributed by atoms with Gasteiger partial charge in [-0.05, 0) is 26.0 Å². The summed E-state index contributed by atoms with van der Waals surface area (Å²) in [6.07, 6.45) is 1.34. The fourth-order valence-electron chi connectivity index (χ4n) is 1.51. The fraction of sp³-hybridized carbons (Fsp3) is 0.417. The SMILES string of the molecule is CC(C)NC(=O)CN(C)S(=O)(=O)c1cccnc1C#N. The summed E-state index contributed by atoms with van der Waals surface area (Å²) in [5.41, 5.74) is -0.191. The van der Waals surface area contributed by atoms with Crippen molar-refractivity contribution in [2.45, 2.75) is 24.8 Å². The van der Waals surface area contributed by atoms with Crippen LogP contribution in [0.1, 0.15) is 19.5 Å². The van der Waals surface area contributed by atoms with Gasteiger partial charge in [0.1, 0.15) is 11.0 Å². The van der Waals surface area contributed by atoms with Crippen LogP contribution in [0.5, 0.6) is 0 Å². The predicted molar refractivity (Wildman–Crippen MR) is 72.0 cm³/mol. The minimum Gasteiger partial charge on any atom is -0.353 e. The molecule has 0 spiro atoms. The molecule has 0 aliphatic carbocycles. The number of aromatic nitrogens is 1. The number of nitriles is 1. The molecule has 1 heterocycles. The van der Waals surface area contributed by atoms with Crippen molar-refractivity contribution in [1.29, 1.82) is 5.26 Å². The van der Waals surface area contributed by atoms with Crippen molar-refractivity contribution in [2.24, 2.45) is 0 Å². The summed E-state index contributed by atoms with van der Waals surface area (Å²) in [6.45, 7) is 3.24. The van der Waals surface area contributed by atoms with Crippen LogP contribution < -0.4 is 5.32 Å². The van der Waals surface area contributed by atoms with E-state index in [0.29, 0.717) is 0 Å². The molecule has 8 heteroatoms. The van der Waals surface area contributed by atoms with Crippen LogP contribution in [0.4, 0.5) is 0 Å². The van der Waals surface area contributed by atoms with Crippen molar-refractivity contribution in [3.63, 3.8) is 0 Å². The number of pyridine rings is 1. The van der Waals surface area contributed by atoms with E-state index < -0.39 is 15.9 Å². The van der Waals surface area contributed by atoms with Gasteiger partial charge in [-0.3, -0.25) is 4.79 Å². The molecule has 0 unspecified atom stereocenters. The molecule has 0 bridgehead atoms. The number of amides is 1. The van der Waals surface area contributed by atoms with Gasteiger partial charge in [0.15, 0.2) is 5.69 Å². The Morgan fingerprint density at radius 3 is 2.75 bits per heavy atom. The Kier molecular flexibility index (Phi) is 5.19. The summed E-state index contributed by atoms with van der Waals surface area (Å²) in [5, 5.41) is 11.5. The zero-order chi connectivity index (χ0) is 15.3. The van der Waals surface area contributed by atoms with E-state index in [-0.39, 0.29) is 23.2 Å². The lowest BCUT2D eigenvalue weighted by atomic mass is 10.4. The number of carbonyl (C=O) groups excluding carboxylic acids is 1. The molecule has 0 aliphatic rings. The Hall–Kier alpha value is -1.98. The molecule has 0 saturated heterocycles. The molecule has 20 heavy (non-hydrogen) atoms. The third-order valence-electron chi connectivity index (χ3n) is 2.38. The Morgan fingerprint density at radius 2 is 2.20 bits per heavy atom. The van der Waals surface area contributed by atoms with E-state index in [1.807, 2.05) is 0 Å². The number of likely N-dealkylation sites (N-methyl/N-ethyl adjacent to an activating group) is 1. The van der Waals surface area contributed by atoms with E-state index in [9.17, 15) is 13.2 Å². The highest BCUT2D eigenvalue weighted by atomic mass is 32.2. The first-order valence-electron chi connectivity index (χ1n) is 5.90. The largest absolute Gasteiger partial charge is 0.353 e. The van der Waals surface area contributed by atoms with Gasteiger partial charge < -0.3 is 5.32 Å². The molecule has 7 nitrogen and oxygen atoms in total. The van der Waals surface area contributed by atoms with Crippen LogP contribution in [0.3, 0.4) is 0 Å². The number of hydrogen-bond acceptors (Lipinski definition) is 5. The van der Waals surface area contributed by atoms with E-state index in [1.54, 1.807) is 19.9 Å². The van der Waals surface area contributed by atoms with E-state index in [2.05, 4.69) is 10.3 Å². The highest BCUT2D eigenvalue weighted by Gasteiger charge is 2.26. The third-order valence-corrected chi connectivity index (χ3v) is 4.22. The lowest BCUT2D eigenvalue weighted by Crippen LogP contribution is -2.41. The first kappa shape index (κ1) is 16.1. The Labute approximate surface area is 118 Å². The van der Waals surface area contributed by atoms with Gasteiger partial charge in [-0.25, -0.2) is 13.4 Å². The quantitative estimate of drug-likeness (QED) is 0.830. The molecule has 1 aromatic rings. The first-order valence-corrected chi connectivity index (χ1v) is 7.34. The Bertz CT molecular complexity index is 634. The number of rotatable bonds is 5. The number of hydrogen-bond donors (Lipinski definition) is 1. The predicted octanol–water partition coefficient (Wildman–Crippen LogP) is 0.0984. The van der Waals surface area contributed by atoms with Crippen molar-refractivity contribution in [2.75, 3.05) is 13.6 Å². The third kappa shape index (κ3) is 3.76. The summed E-state index contributed by atoms with van der Waals surface area (Å²) in [7, 11) is -2.64. The number of nitrogens with zero attached hydrogens (tertiary/aromatic N) is 3. The maximum Gasteiger partial charge on any atom is 0.246 e.